The van der Waals surface area contributed by atoms with E-state index in [4.69, 9.17) is 0 Å². The molecule has 0 aliphatic heterocycles. The van der Waals surface area contributed by atoms with Gasteiger partial charge in [0.2, 0.25) is 0 Å². The summed E-state index contributed by atoms with van der Waals surface area (Å²) < 4.78 is 3.60. The lowest BCUT2D eigenvalue weighted by molar-refractivity contribution is 0.102. The van der Waals surface area contributed by atoms with E-state index in [1.807, 2.05) is 90.6 Å². The van der Waals surface area contributed by atoms with E-state index in [1.54, 1.807) is 10.9 Å². The molecular weight excluding hydrogens is 390 g/mol. The molecule has 0 fully saturated rings. The van der Waals surface area contributed by atoms with Crippen molar-refractivity contribution < 1.29 is 4.79 Å². The van der Waals surface area contributed by atoms with Gasteiger partial charge in [0, 0.05) is 47.7 Å². The molecule has 5 rings (SSSR count). The second-order valence-corrected chi connectivity index (χ2v) is 7.03. The average Bonchev–Trinajstić information content (AvgIpc) is 3.45. The van der Waals surface area contributed by atoms with Crippen LogP contribution in [0.3, 0.4) is 0 Å². The van der Waals surface area contributed by atoms with Crippen LogP contribution in [-0.2, 0) is 0 Å². The Labute approximate surface area is 178 Å². The molecular formula is C23H19N7O. The van der Waals surface area contributed by atoms with Crippen LogP contribution in [0.5, 0.6) is 0 Å². The summed E-state index contributed by atoms with van der Waals surface area (Å²) in [5.41, 5.74) is 3.14. The maximum atomic E-state index is 12.6. The number of anilines is 3. The van der Waals surface area contributed by atoms with E-state index in [2.05, 4.69) is 25.7 Å². The Balaban J connectivity index is 1.29. The summed E-state index contributed by atoms with van der Waals surface area (Å²) in [7, 11) is 0. The number of nitrogens with one attached hydrogen (secondary N) is 2. The zero-order valence-corrected chi connectivity index (χ0v) is 16.7. The number of hydrogen-bond acceptors (Lipinski definition) is 5. The zero-order valence-electron chi connectivity index (χ0n) is 16.7. The van der Waals surface area contributed by atoms with E-state index in [0.717, 1.165) is 11.2 Å². The van der Waals surface area contributed by atoms with Crippen molar-refractivity contribution >= 4 is 28.6 Å². The largest absolute Gasteiger partial charge is 0.340 e. The molecule has 0 radical (unpaired) electrons. The molecule has 8 nitrogen and oxygen atoms in total. The predicted octanol–water partition coefficient (Wildman–Crippen LogP) is 4.22. The van der Waals surface area contributed by atoms with Crippen LogP contribution < -0.4 is 10.6 Å². The van der Waals surface area contributed by atoms with Gasteiger partial charge in [0.1, 0.15) is 11.6 Å². The summed E-state index contributed by atoms with van der Waals surface area (Å²) >= 11 is 0. The van der Waals surface area contributed by atoms with E-state index in [9.17, 15) is 4.79 Å². The van der Waals surface area contributed by atoms with E-state index in [-0.39, 0.29) is 5.91 Å². The molecule has 8 heteroatoms. The molecule has 0 atom stereocenters. The number of carbonyl (C=O) groups is 1. The highest BCUT2D eigenvalue weighted by Gasteiger charge is 2.09. The Morgan fingerprint density at radius 3 is 2.55 bits per heavy atom. The van der Waals surface area contributed by atoms with Gasteiger partial charge in [-0.05, 0) is 55.5 Å². The fourth-order valence-electron chi connectivity index (χ4n) is 3.31. The van der Waals surface area contributed by atoms with Gasteiger partial charge < -0.3 is 15.0 Å². The highest BCUT2D eigenvalue weighted by atomic mass is 16.1. The number of amides is 1. The highest BCUT2D eigenvalue weighted by molar-refractivity contribution is 6.05. The maximum absolute atomic E-state index is 12.6. The van der Waals surface area contributed by atoms with Crippen LogP contribution in [0.1, 0.15) is 16.2 Å². The summed E-state index contributed by atoms with van der Waals surface area (Å²) in [6.07, 6.45) is 7.26. The standard InChI is InChI=1S/C23H19N7O/c1-16-25-21(14-22(26-16)30-12-4-10-24-30)27-18-6-8-19(9-7-18)28-23(31)17-13-20-5-2-3-11-29(20)15-17/h2-15H,1H3,(H,28,31)(H,25,26,27). The number of benzene rings is 1. The zero-order chi connectivity index (χ0) is 21.2. The van der Waals surface area contributed by atoms with Crippen LogP contribution in [0.4, 0.5) is 17.2 Å². The van der Waals surface area contributed by atoms with Crippen LogP contribution in [0.15, 0.2) is 85.5 Å². The lowest BCUT2D eigenvalue weighted by Gasteiger charge is -2.10. The Kier molecular flexibility index (Phi) is 4.64. The lowest BCUT2D eigenvalue weighted by Crippen LogP contribution is -2.10. The van der Waals surface area contributed by atoms with Crippen LogP contribution in [-0.4, -0.2) is 30.1 Å². The quantitative estimate of drug-likeness (QED) is 0.454. The third-order valence-electron chi connectivity index (χ3n) is 4.75. The second kappa shape index (κ2) is 7.75. The number of rotatable bonds is 5. The summed E-state index contributed by atoms with van der Waals surface area (Å²) in [6, 6.07) is 18.8. The van der Waals surface area contributed by atoms with Crippen molar-refractivity contribution in [2.24, 2.45) is 0 Å². The van der Waals surface area contributed by atoms with Gasteiger partial charge in [-0.3, -0.25) is 4.79 Å². The summed E-state index contributed by atoms with van der Waals surface area (Å²) in [5.74, 6) is 1.83. The maximum Gasteiger partial charge on any atom is 0.257 e. The average molecular weight is 409 g/mol. The van der Waals surface area contributed by atoms with E-state index in [0.29, 0.717) is 28.7 Å². The summed E-state index contributed by atoms with van der Waals surface area (Å²) in [4.78, 5) is 21.4. The van der Waals surface area contributed by atoms with Crippen molar-refractivity contribution in [3.63, 3.8) is 0 Å². The minimum absolute atomic E-state index is 0.153. The summed E-state index contributed by atoms with van der Waals surface area (Å²) in [6.45, 7) is 1.84. The molecule has 31 heavy (non-hydrogen) atoms. The molecule has 0 spiro atoms. The van der Waals surface area contributed by atoms with Crippen molar-refractivity contribution in [1.82, 2.24) is 24.1 Å². The Hall–Kier alpha value is -4.46. The lowest BCUT2D eigenvalue weighted by atomic mass is 10.2. The number of nitrogens with zero attached hydrogens (tertiary/aromatic N) is 5. The molecule has 152 valence electrons. The van der Waals surface area contributed by atoms with E-state index < -0.39 is 0 Å². The number of pyridine rings is 1. The first-order valence-electron chi connectivity index (χ1n) is 9.75. The number of carbonyl (C=O) groups excluding carboxylic acids is 1. The van der Waals surface area contributed by atoms with Gasteiger partial charge in [0.15, 0.2) is 5.82 Å². The van der Waals surface area contributed by atoms with Gasteiger partial charge >= 0.3 is 0 Å². The number of aromatic nitrogens is 5. The molecule has 0 aliphatic carbocycles. The molecule has 2 N–H and O–H groups in total. The molecule has 4 heterocycles. The number of hydrogen-bond donors (Lipinski definition) is 2. The first-order chi connectivity index (χ1) is 15.1. The molecule has 5 aromatic rings. The van der Waals surface area contributed by atoms with Gasteiger partial charge in [0.05, 0.1) is 5.56 Å². The van der Waals surface area contributed by atoms with E-state index >= 15 is 0 Å². The first kappa shape index (κ1) is 18.6. The third-order valence-corrected chi connectivity index (χ3v) is 4.75. The summed E-state index contributed by atoms with van der Waals surface area (Å²) in [5, 5.41) is 10.4. The third kappa shape index (κ3) is 3.99. The van der Waals surface area contributed by atoms with Crippen LogP contribution in [0.25, 0.3) is 11.3 Å². The predicted molar refractivity (Wildman–Crippen MR) is 119 cm³/mol. The number of fused-ring (bicyclic) bond motifs is 1. The van der Waals surface area contributed by atoms with Crippen molar-refractivity contribution in [1.29, 1.82) is 0 Å². The fraction of sp³-hybridized carbons (Fsp3) is 0.0435. The minimum atomic E-state index is -0.153. The van der Waals surface area contributed by atoms with Gasteiger partial charge in [-0.1, -0.05) is 6.07 Å². The minimum Gasteiger partial charge on any atom is -0.340 e. The van der Waals surface area contributed by atoms with Crippen molar-refractivity contribution in [3.05, 3.63) is 96.8 Å². The monoisotopic (exact) mass is 409 g/mol. The molecule has 0 aliphatic rings. The normalized spacial score (nSPS) is 10.9. The molecule has 1 amide bonds. The second-order valence-electron chi connectivity index (χ2n) is 7.03. The molecule has 0 unspecified atom stereocenters. The molecule has 4 aromatic heterocycles. The van der Waals surface area contributed by atoms with Crippen molar-refractivity contribution in [2.45, 2.75) is 6.92 Å². The van der Waals surface area contributed by atoms with Crippen molar-refractivity contribution in [2.75, 3.05) is 10.6 Å². The first-order valence-corrected chi connectivity index (χ1v) is 9.75. The Morgan fingerprint density at radius 2 is 1.77 bits per heavy atom. The van der Waals surface area contributed by atoms with E-state index in [1.165, 1.54) is 0 Å². The molecule has 1 aromatic carbocycles. The van der Waals surface area contributed by atoms with Crippen molar-refractivity contribution in [3.8, 4) is 5.82 Å². The number of aryl methyl sites for hydroxylation is 1. The SMILES string of the molecule is Cc1nc(Nc2ccc(NC(=O)c3cc4ccccn4c3)cc2)cc(-n2cccn2)n1. The molecule has 0 bridgehead atoms. The van der Waals surface area contributed by atoms with Gasteiger partial charge in [0.25, 0.3) is 5.91 Å². The van der Waals surface area contributed by atoms with Crippen LogP contribution in [0, 0.1) is 6.92 Å². The highest BCUT2D eigenvalue weighted by Crippen LogP contribution is 2.20. The van der Waals surface area contributed by atoms with Crippen LogP contribution in [0.2, 0.25) is 0 Å². The van der Waals surface area contributed by atoms with Gasteiger partial charge in [-0.2, -0.15) is 5.10 Å². The molecule has 0 saturated heterocycles. The van der Waals surface area contributed by atoms with Gasteiger partial charge in [-0.15, -0.1) is 0 Å². The Morgan fingerprint density at radius 1 is 0.935 bits per heavy atom. The molecule has 0 saturated carbocycles. The fourth-order valence-corrected chi connectivity index (χ4v) is 3.31. The smallest absolute Gasteiger partial charge is 0.257 e. The van der Waals surface area contributed by atoms with Gasteiger partial charge in [-0.25, -0.2) is 14.6 Å². The van der Waals surface area contributed by atoms with Crippen LogP contribution >= 0.6 is 0 Å². The topological polar surface area (TPSA) is 89.1 Å². The Bertz CT molecular complexity index is 1320.